The molecule has 1 atom stereocenters. The third kappa shape index (κ3) is 3.67. The molecule has 2 amide bonds. The molecular weight excluding hydrogens is 512 g/mol. The fraction of sp³-hybridized carbons (Fsp3) is 0.171. The van der Waals surface area contributed by atoms with Crippen LogP contribution in [0.2, 0.25) is 0 Å². The maximum absolute atomic E-state index is 14.9. The highest BCUT2D eigenvalue weighted by molar-refractivity contribution is 6.17. The van der Waals surface area contributed by atoms with Crippen molar-refractivity contribution < 1.29 is 14.0 Å². The van der Waals surface area contributed by atoms with E-state index in [9.17, 15) is 14.4 Å². The molecule has 0 fully saturated rings. The smallest absolute Gasteiger partial charge is 0.291 e. The van der Waals surface area contributed by atoms with Gasteiger partial charge in [-0.05, 0) is 49.6 Å². The molecule has 6 nitrogen and oxygen atoms in total. The first-order valence-corrected chi connectivity index (χ1v) is 13.8. The normalized spacial score (nSPS) is 17.5. The van der Waals surface area contributed by atoms with E-state index in [2.05, 4.69) is 0 Å². The van der Waals surface area contributed by atoms with Gasteiger partial charge in [0.15, 0.2) is 11.0 Å². The van der Waals surface area contributed by atoms with Gasteiger partial charge in [0.25, 0.3) is 11.8 Å². The Morgan fingerprint density at radius 1 is 0.756 bits per heavy atom. The SMILES string of the molecule is Cc1ccc(CN2C(=O)C3(c4ccccc42)c2c(oc4ccc(C)cc4c2=O)C(=O)N3CCc2ccccc2)cc1. The van der Waals surface area contributed by atoms with Gasteiger partial charge in [0, 0.05) is 12.1 Å². The van der Waals surface area contributed by atoms with E-state index >= 15 is 0 Å². The standard InChI is InChI=1S/C35H28N2O4/c1-22-12-15-25(16-13-22)21-36-28-11-7-6-10-27(28)35(34(36)40)30-31(38)26-20-23(2)14-17-29(26)41-32(30)33(39)37(35)19-18-24-8-4-3-5-9-24/h3-17,20H,18-19,21H2,1-2H3. The van der Waals surface area contributed by atoms with E-state index in [0.29, 0.717) is 35.2 Å². The van der Waals surface area contributed by atoms with Crippen molar-refractivity contribution in [3.63, 3.8) is 0 Å². The predicted octanol–water partition coefficient (Wildman–Crippen LogP) is 5.90. The number of hydrogen-bond donors (Lipinski definition) is 0. The number of benzene rings is 4. The minimum atomic E-state index is -1.62. The predicted molar refractivity (Wildman–Crippen MR) is 158 cm³/mol. The van der Waals surface area contributed by atoms with Crippen LogP contribution in [0.25, 0.3) is 11.0 Å². The first-order chi connectivity index (χ1) is 19.9. The molecule has 41 heavy (non-hydrogen) atoms. The summed E-state index contributed by atoms with van der Waals surface area (Å²) in [5, 5.41) is 0.364. The molecule has 1 aromatic heterocycles. The fourth-order valence-electron chi connectivity index (χ4n) is 6.32. The van der Waals surface area contributed by atoms with Crippen LogP contribution in [0.1, 0.15) is 43.9 Å². The molecule has 1 spiro atoms. The topological polar surface area (TPSA) is 70.8 Å². The van der Waals surface area contributed by atoms with Crippen molar-refractivity contribution in [1.82, 2.24) is 4.90 Å². The van der Waals surface area contributed by atoms with Gasteiger partial charge in [-0.1, -0.05) is 90.0 Å². The van der Waals surface area contributed by atoms with Gasteiger partial charge < -0.3 is 14.2 Å². The van der Waals surface area contributed by atoms with Gasteiger partial charge in [-0.25, -0.2) is 0 Å². The molecule has 2 aliphatic heterocycles. The summed E-state index contributed by atoms with van der Waals surface area (Å²) < 4.78 is 6.19. The summed E-state index contributed by atoms with van der Waals surface area (Å²) in [6, 6.07) is 30.7. The van der Waals surface area contributed by atoms with Gasteiger partial charge in [0.2, 0.25) is 5.76 Å². The second-order valence-electron chi connectivity index (χ2n) is 10.9. The van der Waals surface area contributed by atoms with Crippen LogP contribution in [-0.4, -0.2) is 23.3 Å². The summed E-state index contributed by atoms with van der Waals surface area (Å²) >= 11 is 0. The lowest BCUT2D eigenvalue weighted by Crippen LogP contribution is -2.53. The van der Waals surface area contributed by atoms with Gasteiger partial charge in [-0.2, -0.15) is 0 Å². The lowest BCUT2D eigenvalue weighted by Gasteiger charge is -2.34. The first-order valence-electron chi connectivity index (χ1n) is 13.8. The maximum atomic E-state index is 14.9. The third-order valence-corrected chi connectivity index (χ3v) is 8.32. The van der Waals surface area contributed by atoms with Crippen LogP contribution < -0.4 is 10.3 Å². The van der Waals surface area contributed by atoms with Crippen molar-refractivity contribution in [2.24, 2.45) is 0 Å². The number of anilines is 1. The van der Waals surface area contributed by atoms with Crippen molar-refractivity contribution in [2.45, 2.75) is 32.4 Å². The van der Waals surface area contributed by atoms with Crippen molar-refractivity contribution >= 4 is 28.5 Å². The van der Waals surface area contributed by atoms with E-state index < -0.39 is 11.4 Å². The minimum absolute atomic E-state index is 0.0558. The highest BCUT2D eigenvalue weighted by Crippen LogP contribution is 2.52. The number of nitrogens with zero attached hydrogens (tertiary/aromatic N) is 2. The molecule has 202 valence electrons. The largest absolute Gasteiger partial charge is 0.450 e. The van der Waals surface area contributed by atoms with Crippen LogP contribution in [0.5, 0.6) is 0 Å². The molecular formula is C35H28N2O4. The Hall–Kier alpha value is -4.97. The van der Waals surface area contributed by atoms with Gasteiger partial charge >= 0.3 is 0 Å². The molecule has 0 N–H and O–H groups in total. The second-order valence-corrected chi connectivity index (χ2v) is 10.9. The summed E-state index contributed by atoms with van der Waals surface area (Å²) in [6.07, 6.45) is 0.516. The molecule has 3 heterocycles. The van der Waals surface area contributed by atoms with E-state index in [0.717, 1.165) is 22.3 Å². The molecule has 0 saturated carbocycles. The van der Waals surface area contributed by atoms with Crippen molar-refractivity contribution in [1.29, 1.82) is 0 Å². The zero-order valence-corrected chi connectivity index (χ0v) is 22.9. The molecule has 5 aromatic rings. The number of carbonyl (C=O) groups is 2. The van der Waals surface area contributed by atoms with Crippen LogP contribution in [-0.2, 0) is 23.3 Å². The summed E-state index contributed by atoms with van der Waals surface area (Å²) in [4.78, 5) is 46.7. The van der Waals surface area contributed by atoms with Crippen molar-refractivity contribution in [3.05, 3.63) is 146 Å². The van der Waals surface area contributed by atoms with Crippen LogP contribution >= 0.6 is 0 Å². The number of aryl methyl sites for hydroxylation is 2. The van der Waals surface area contributed by atoms with E-state index in [-0.39, 0.29) is 29.2 Å². The molecule has 7 rings (SSSR count). The summed E-state index contributed by atoms with van der Waals surface area (Å²) in [6.45, 7) is 4.47. The van der Waals surface area contributed by atoms with Crippen LogP contribution in [0.4, 0.5) is 5.69 Å². The third-order valence-electron chi connectivity index (χ3n) is 8.32. The van der Waals surface area contributed by atoms with E-state index in [1.807, 2.05) is 98.8 Å². The summed E-state index contributed by atoms with van der Waals surface area (Å²) in [5.41, 5.74) is 3.79. The highest BCUT2D eigenvalue weighted by atomic mass is 16.3. The average Bonchev–Trinajstić information content (AvgIpc) is 3.38. The fourth-order valence-corrected chi connectivity index (χ4v) is 6.32. The lowest BCUT2D eigenvalue weighted by atomic mass is 9.83. The van der Waals surface area contributed by atoms with Crippen molar-refractivity contribution in [3.8, 4) is 0 Å². The summed E-state index contributed by atoms with van der Waals surface area (Å²) in [5.74, 6) is -0.825. The van der Waals surface area contributed by atoms with Gasteiger partial charge in [-0.15, -0.1) is 0 Å². The Bertz CT molecular complexity index is 1910. The zero-order valence-electron chi connectivity index (χ0n) is 22.9. The molecule has 0 aliphatic carbocycles. The van der Waals surface area contributed by atoms with Gasteiger partial charge in [0.1, 0.15) is 5.58 Å². The molecule has 1 unspecified atom stereocenters. The Labute approximate surface area is 237 Å². The quantitative estimate of drug-likeness (QED) is 0.278. The monoisotopic (exact) mass is 540 g/mol. The number of para-hydroxylation sites is 1. The number of rotatable bonds is 5. The first kappa shape index (κ1) is 25.0. The van der Waals surface area contributed by atoms with E-state index in [1.54, 1.807) is 21.9 Å². The molecule has 0 radical (unpaired) electrons. The Kier molecular flexibility index (Phi) is 5.68. The molecule has 2 aliphatic rings. The van der Waals surface area contributed by atoms with E-state index in [1.165, 1.54) is 0 Å². The van der Waals surface area contributed by atoms with E-state index in [4.69, 9.17) is 4.42 Å². The van der Waals surface area contributed by atoms with Crippen molar-refractivity contribution in [2.75, 3.05) is 11.4 Å². The number of fused-ring (bicyclic) bond motifs is 5. The lowest BCUT2D eigenvalue weighted by molar-refractivity contribution is -0.126. The zero-order chi connectivity index (χ0) is 28.3. The number of hydrogen-bond acceptors (Lipinski definition) is 4. The summed E-state index contributed by atoms with van der Waals surface area (Å²) in [7, 11) is 0. The van der Waals surface area contributed by atoms with Crippen LogP contribution in [0.3, 0.4) is 0 Å². The second kappa shape index (κ2) is 9.30. The highest BCUT2D eigenvalue weighted by Gasteiger charge is 2.64. The number of amides is 2. The molecule has 6 heteroatoms. The molecule has 0 saturated heterocycles. The molecule has 0 bridgehead atoms. The number of carbonyl (C=O) groups excluding carboxylic acids is 2. The Morgan fingerprint density at radius 2 is 1.46 bits per heavy atom. The Morgan fingerprint density at radius 3 is 2.24 bits per heavy atom. The average molecular weight is 541 g/mol. The minimum Gasteiger partial charge on any atom is -0.450 e. The molecule has 4 aromatic carbocycles. The van der Waals surface area contributed by atoms with Crippen LogP contribution in [0.15, 0.2) is 106 Å². The van der Waals surface area contributed by atoms with Gasteiger partial charge in [0.05, 0.1) is 23.2 Å². The van der Waals surface area contributed by atoms with Crippen LogP contribution in [0, 0.1) is 13.8 Å². The maximum Gasteiger partial charge on any atom is 0.291 e. The Balaban J connectivity index is 1.47. The van der Waals surface area contributed by atoms with Gasteiger partial charge in [-0.3, -0.25) is 14.4 Å².